The Bertz CT molecular complexity index is 396. The molecule has 0 amide bonds. The number of aryl methyl sites for hydroxylation is 1. The molecule has 1 N–H and O–H groups in total. The number of aromatic nitrogens is 4. The van der Waals surface area contributed by atoms with Crippen LogP contribution in [0.15, 0.2) is 0 Å². The van der Waals surface area contributed by atoms with E-state index in [-0.39, 0.29) is 12.1 Å². The third-order valence-corrected chi connectivity index (χ3v) is 3.68. The molecule has 0 aliphatic carbocycles. The molecule has 2 atom stereocenters. The summed E-state index contributed by atoms with van der Waals surface area (Å²) < 4.78 is 5.96. The molecule has 1 aromatic heterocycles. The van der Waals surface area contributed by atoms with Crippen LogP contribution in [0, 0.1) is 0 Å². The Morgan fingerprint density at radius 2 is 2.30 bits per heavy atom. The van der Waals surface area contributed by atoms with E-state index in [0.29, 0.717) is 0 Å². The summed E-state index contributed by atoms with van der Waals surface area (Å²) in [5.74, 6) is 0.776. The Morgan fingerprint density at radius 1 is 1.45 bits per heavy atom. The summed E-state index contributed by atoms with van der Waals surface area (Å²) in [4.78, 5) is 3.94. The van der Waals surface area contributed by atoms with E-state index in [0.717, 1.165) is 51.5 Å². The summed E-state index contributed by atoms with van der Waals surface area (Å²) in [5.41, 5.74) is 0. The first-order valence-electron chi connectivity index (χ1n) is 7.53. The molecule has 2 unspecified atom stereocenters. The molecule has 0 bridgehead atoms. The molecular formula is C13H26N6O. The summed E-state index contributed by atoms with van der Waals surface area (Å²) in [6.45, 7) is 9.22. The van der Waals surface area contributed by atoms with E-state index in [1.807, 2.05) is 0 Å². The van der Waals surface area contributed by atoms with E-state index in [4.69, 9.17) is 4.74 Å². The van der Waals surface area contributed by atoms with Gasteiger partial charge in [-0.15, -0.1) is 10.2 Å². The lowest BCUT2D eigenvalue weighted by atomic mass is 10.0. The molecule has 7 nitrogen and oxygen atoms in total. The number of tetrazole rings is 1. The molecule has 0 saturated carbocycles. The SMILES string of the molecule is CCCNC(Cc1nnn(C)n1)C1CN(CC)CCO1. The highest BCUT2D eigenvalue weighted by atomic mass is 16.5. The van der Waals surface area contributed by atoms with Crippen molar-refractivity contribution in [2.24, 2.45) is 7.05 Å². The molecule has 0 radical (unpaired) electrons. The van der Waals surface area contributed by atoms with Crippen molar-refractivity contribution in [1.82, 2.24) is 30.4 Å². The first-order chi connectivity index (χ1) is 9.72. The van der Waals surface area contributed by atoms with Crippen LogP contribution in [0.5, 0.6) is 0 Å². The molecule has 2 rings (SSSR count). The summed E-state index contributed by atoms with van der Waals surface area (Å²) in [5, 5.41) is 15.8. The van der Waals surface area contributed by atoms with Crippen LogP contribution in [0.3, 0.4) is 0 Å². The Morgan fingerprint density at radius 3 is 2.95 bits per heavy atom. The van der Waals surface area contributed by atoms with Crippen molar-refractivity contribution in [2.75, 3.05) is 32.8 Å². The van der Waals surface area contributed by atoms with Gasteiger partial charge in [0.05, 0.1) is 19.8 Å². The number of hydrogen-bond donors (Lipinski definition) is 1. The second-order valence-corrected chi connectivity index (χ2v) is 5.26. The van der Waals surface area contributed by atoms with Crippen molar-refractivity contribution < 1.29 is 4.74 Å². The number of rotatable bonds is 7. The van der Waals surface area contributed by atoms with Gasteiger partial charge in [-0.25, -0.2) is 0 Å². The van der Waals surface area contributed by atoms with Gasteiger partial charge in [-0.3, -0.25) is 4.90 Å². The zero-order valence-corrected chi connectivity index (χ0v) is 12.7. The van der Waals surface area contributed by atoms with Crippen LogP contribution < -0.4 is 5.32 Å². The predicted octanol–water partition coefficient (Wildman–Crippen LogP) is -0.158. The number of likely N-dealkylation sites (N-methyl/N-ethyl adjacent to an activating group) is 1. The summed E-state index contributed by atoms with van der Waals surface area (Å²) in [6.07, 6.45) is 2.06. The van der Waals surface area contributed by atoms with Gasteiger partial charge >= 0.3 is 0 Å². The van der Waals surface area contributed by atoms with E-state index >= 15 is 0 Å². The highest BCUT2D eigenvalue weighted by Gasteiger charge is 2.28. The van der Waals surface area contributed by atoms with Crippen LogP contribution in [0.2, 0.25) is 0 Å². The van der Waals surface area contributed by atoms with Gasteiger partial charge in [0, 0.05) is 25.6 Å². The number of morpholine rings is 1. The second kappa shape index (κ2) is 7.66. The van der Waals surface area contributed by atoms with Crippen LogP contribution in [0.1, 0.15) is 26.1 Å². The van der Waals surface area contributed by atoms with Gasteiger partial charge < -0.3 is 10.1 Å². The van der Waals surface area contributed by atoms with Crippen molar-refractivity contribution in [3.8, 4) is 0 Å². The average molecular weight is 282 g/mol. The summed E-state index contributed by atoms with van der Waals surface area (Å²) in [7, 11) is 1.79. The van der Waals surface area contributed by atoms with Crippen LogP contribution in [-0.4, -0.2) is 70.0 Å². The van der Waals surface area contributed by atoms with Crippen LogP contribution in [0.25, 0.3) is 0 Å². The van der Waals surface area contributed by atoms with E-state index in [1.54, 1.807) is 7.05 Å². The molecule has 1 aliphatic rings. The molecule has 2 heterocycles. The van der Waals surface area contributed by atoms with Crippen LogP contribution in [0.4, 0.5) is 0 Å². The molecule has 1 saturated heterocycles. The maximum atomic E-state index is 5.96. The summed E-state index contributed by atoms with van der Waals surface area (Å²) >= 11 is 0. The van der Waals surface area contributed by atoms with Crippen molar-refractivity contribution in [1.29, 1.82) is 0 Å². The minimum Gasteiger partial charge on any atom is -0.374 e. The quantitative estimate of drug-likeness (QED) is 0.749. The predicted molar refractivity (Wildman–Crippen MR) is 76.4 cm³/mol. The molecule has 1 aromatic rings. The average Bonchev–Trinajstić information content (AvgIpc) is 2.88. The molecule has 7 heteroatoms. The normalized spacial score (nSPS) is 22.1. The topological polar surface area (TPSA) is 68.1 Å². The fourth-order valence-electron chi connectivity index (χ4n) is 2.53. The molecular weight excluding hydrogens is 256 g/mol. The first kappa shape index (κ1) is 15.3. The van der Waals surface area contributed by atoms with Gasteiger partial charge in [-0.1, -0.05) is 13.8 Å². The minimum absolute atomic E-state index is 0.194. The van der Waals surface area contributed by atoms with Crippen LogP contribution >= 0.6 is 0 Å². The lowest BCUT2D eigenvalue weighted by Crippen LogP contribution is -2.53. The van der Waals surface area contributed by atoms with Crippen molar-refractivity contribution in [3.63, 3.8) is 0 Å². The van der Waals surface area contributed by atoms with Crippen molar-refractivity contribution >= 4 is 0 Å². The van der Waals surface area contributed by atoms with Gasteiger partial charge in [0.15, 0.2) is 5.82 Å². The zero-order chi connectivity index (χ0) is 14.4. The van der Waals surface area contributed by atoms with E-state index in [1.165, 1.54) is 4.80 Å². The Labute approximate surface area is 120 Å². The fourth-order valence-corrected chi connectivity index (χ4v) is 2.53. The van der Waals surface area contributed by atoms with Gasteiger partial charge in [0.1, 0.15) is 0 Å². The molecule has 0 aromatic carbocycles. The smallest absolute Gasteiger partial charge is 0.176 e. The fraction of sp³-hybridized carbons (Fsp3) is 0.923. The third-order valence-electron chi connectivity index (χ3n) is 3.68. The summed E-state index contributed by atoms with van der Waals surface area (Å²) in [6, 6.07) is 0.244. The highest BCUT2D eigenvalue weighted by molar-refractivity contribution is 4.91. The maximum Gasteiger partial charge on any atom is 0.176 e. The molecule has 20 heavy (non-hydrogen) atoms. The lowest BCUT2D eigenvalue weighted by molar-refractivity contribution is -0.0450. The van der Waals surface area contributed by atoms with Gasteiger partial charge in [0.25, 0.3) is 0 Å². The Balaban J connectivity index is 1.98. The largest absolute Gasteiger partial charge is 0.374 e. The second-order valence-electron chi connectivity index (χ2n) is 5.26. The van der Waals surface area contributed by atoms with E-state index in [9.17, 15) is 0 Å². The van der Waals surface area contributed by atoms with Crippen molar-refractivity contribution in [2.45, 2.75) is 38.8 Å². The number of nitrogens with zero attached hydrogens (tertiary/aromatic N) is 5. The van der Waals surface area contributed by atoms with E-state index in [2.05, 4.69) is 39.5 Å². The lowest BCUT2D eigenvalue weighted by Gasteiger charge is -2.36. The number of ether oxygens (including phenoxy) is 1. The standard InChI is InChI=1S/C13H26N6O/c1-4-6-14-11(9-13-15-17-18(3)16-13)12-10-19(5-2)7-8-20-12/h11-12,14H,4-10H2,1-3H3. The molecule has 1 fully saturated rings. The van der Waals surface area contributed by atoms with Gasteiger partial charge in [0.2, 0.25) is 0 Å². The number of hydrogen-bond acceptors (Lipinski definition) is 6. The molecule has 114 valence electrons. The molecule has 1 aliphatic heterocycles. The van der Waals surface area contributed by atoms with Gasteiger partial charge in [-0.05, 0) is 24.7 Å². The van der Waals surface area contributed by atoms with E-state index < -0.39 is 0 Å². The zero-order valence-electron chi connectivity index (χ0n) is 12.7. The first-order valence-corrected chi connectivity index (χ1v) is 7.53. The Hall–Kier alpha value is -1.05. The number of nitrogens with one attached hydrogen (secondary N) is 1. The van der Waals surface area contributed by atoms with Crippen LogP contribution in [-0.2, 0) is 18.2 Å². The van der Waals surface area contributed by atoms with Gasteiger partial charge in [-0.2, -0.15) is 4.80 Å². The minimum atomic E-state index is 0.194. The van der Waals surface area contributed by atoms with Crippen molar-refractivity contribution in [3.05, 3.63) is 5.82 Å². The molecule has 0 spiro atoms. The highest BCUT2D eigenvalue weighted by Crippen LogP contribution is 2.12. The third kappa shape index (κ3) is 4.22. The maximum absolute atomic E-state index is 5.96. The monoisotopic (exact) mass is 282 g/mol. The Kier molecular flexibility index (Phi) is 5.87.